The average molecular weight is 764 g/mol. The summed E-state index contributed by atoms with van der Waals surface area (Å²) in [6.45, 7) is 0. The van der Waals surface area contributed by atoms with Gasteiger partial charge in [0.15, 0.2) is 0 Å². The third-order valence-electron chi connectivity index (χ3n) is 12.2. The molecule has 0 saturated heterocycles. The Kier molecular flexibility index (Phi) is 7.89. The van der Waals surface area contributed by atoms with E-state index in [-0.39, 0.29) is 0 Å². The Morgan fingerprint density at radius 1 is 0.300 bits per heavy atom. The molecular formula is C58H37NO. The van der Waals surface area contributed by atoms with Crippen molar-refractivity contribution in [2.75, 3.05) is 4.90 Å². The van der Waals surface area contributed by atoms with Gasteiger partial charge in [0.25, 0.3) is 0 Å². The smallest absolute Gasteiger partial charge is 0.143 e. The minimum Gasteiger partial charge on any atom is -0.455 e. The van der Waals surface area contributed by atoms with Crippen molar-refractivity contribution < 1.29 is 4.42 Å². The van der Waals surface area contributed by atoms with E-state index in [0.29, 0.717) is 0 Å². The van der Waals surface area contributed by atoms with Gasteiger partial charge >= 0.3 is 0 Å². The highest BCUT2D eigenvalue weighted by Gasteiger charge is 2.22. The highest BCUT2D eigenvalue weighted by Crippen LogP contribution is 2.48. The molecule has 0 radical (unpaired) electrons. The number of furan rings is 1. The molecule has 12 rings (SSSR count). The summed E-state index contributed by atoms with van der Waals surface area (Å²) in [6, 6.07) is 81.3. The van der Waals surface area contributed by atoms with Crippen molar-refractivity contribution in [3.05, 3.63) is 224 Å². The van der Waals surface area contributed by atoms with Crippen LogP contribution in [-0.2, 0) is 0 Å². The SMILES string of the molecule is c1ccc(-c2c(-c3ccccc3)c3cc(N(c4ccc(-c5cccc6c5oc5ccccc56)cc4)c4cccc5c4ccc4ccccc45)ccc3c3ccccc23)cc1. The van der Waals surface area contributed by atoms with Crippen molar-refractivity contribution in [1.82, 2.24) is 0 Å². The van der Waals surface area contributed by atoms with Crippen LogP contribution in [0.2, 0.25) is 0 Å². The van der Waals surface area contributed by atoms with Crippen LogP contribution in [0, 0.1) is 0 Å². The summed E-state index contributed by atoms with van der Waals surface area (Å²) < 4.78 is 6.49. The quantitative estimate of drug-likeness (QED) is 0.157. The van der Waals surface area contributed by atoms with Gasteiger partial charge in [-0.1, -0.05) is 188 Å². The average Bonchev–Trinajstić information content (AvgIpc) is 3.71. The molecule has 2 heteroatoms. The second kappa shape index (κ2) is 13.9. The van der Waals surface area contributed by atoms with Crippen molar-refractivity contribution in [2.45, 2.75) is 0 Å². The molecule has 0 aliphatic carbocycles. The van der Waals surface area contributed by atoms with Crippen LogP contribution in [-0.4, -0.2) is 0 Å². The molecule has 11 aromatic carbocycles. The summed E-state index contributed by atoms with van der Waals surface area (Å²) >= 11 is 0. The van der Waals surface area contributed by atoms with Crippen LogP contribution in [0.3, 0.4) is 0 Å². The number of rotatable bonds is 6. The Balaban J connectivity index is 1.12. The number of fused-ring (bicyclic) bond motifs is 9. The van der Waals surface area contributed by atoms with Crippen molar-refractivity contribution in [2.24, 2.45) is 0 Å². The molecule has 280 valence electrons. The molecule has 0 aliphatic rings. The predicted molar refractivity (Wildman–Crippen MR) is 255 cm³/mol. The van der Waals surface area contributed by atoms with E-state index in [2.05, 4.69) is 217 Å². The first-order valence-corrected chi connectivity index (χ1v) is 20.6. The summed E-state index contributed by atoms with van der Waals surface area (Å²) in [4.78, 5) is 2.44. The van der Waals surface area contributed by atoms with E-state index in [0.717, 1.165) is 50.1 Å². The minimum absolute atomic E-state index is 0.903. The van der Waals surface area contributed by atoms with Gasteiger partial charge in [-0.15, -0.1) is 0 Å². The second-order valence-electron chi connectivity index (χ2n) is 15.6. The van der Waals surface area contributed by atoms with Gasteiger partial charge in [-0.3, -0.25) is 0 Å². The molecule has 0 atom stereocenters. The predicted octanol–water partition coefficient (Wildman–Crippen LogP) is 16.7. The zero-order chi connectivity index (χ0) is 39.6. The molecule has 0 amide bonds. The summed E-state index contributed by atoms with van der Waals surface area (Å²) in [5.74, 6) is 0. The van der Waals surface area contributed by atoms with E-state index in [1.165, 1.54) is 65.3 Å². The van der Waals surface area contributed by atoms with E-state index >= 15 is 0 Å². The topological polar surface area (TPSA) is 16.4 Å². The first-order chi connectivity index (χ1) is 29.8. The van der Waals surface area contributed by atoms with Crippen LogP contribution < -0.4 is 4.90 Å². The second-order valence-corrected chi connectivity index (χ2v) is 15.6. The van der Waals surface area contributed by atoms with Gasteiger partial charge in [0, 0.05) is 33.1 Å². The first-order valence-electron chi connectivity index (χ1n) is 20.6. The van der Waals surface area contributed by atoms with Gasteiger partial charge in [0.1, 0.15) is 11.2 Å². The molecular weight excluding hydrogens is 727 g/mol. The monoisotopic (exact) mass is 763 g/mol. The van der Waals surface area contributed by atoms with Crippen LogP contribution in [0.4, 0.5) is 17.1 Å². The van der Waals surface area contributed by atoms with Crippen LogP contribution in [0.5, 0.6) is 0 Å². The first kappa shape index (κ1) is 34.1. The molecule has 0 aliphatic heterocycles. The Morgan fingerprint density at radius 3 is 1.63 bits per heavy atom. The van der Waals surface area contributed by atoms with Crippen molar-refractivity contribution in [1.29, 1.82) is 0 Å². The molecule has 0 spiro atoms. The maximum absolute atomic E-state index is 6.49. The molecule has 0 unspecified atom stereocenters. The van der Waals surface area contributed by atoms with Crippen LogP contribution >= 0.6 is 0 Å². The summed E-state index contributed by atoms with van der Waals surface area (Å²) in [5.41, 5.74) is 12.1. The maximum Gasteiger partial charge on any atom is 0.143 e. The fraction of sp³-hybridized carbons (Fsp3) is 0. The Bertz CT molecular complexity index is 3590. The molecule has 60 heavy (non-hydrogen) atoms. The number of para-hydroxylation sites is 2. The van der Waals surface area contributed by atoms with E-state index in [1.807, 2.05) is 12.1 Å². The molecule has 0 bridgehead atoms. The van der Waals surface area contributed by atoms with Crippen molar-refractivity contribution in [3.63, 3.8) is 0 Å². The molecule has 2 nitrogen and oxygen atoms in total. The summed E-state index contributed by atoms with van der Waals surface area (Å²) in [7, 11) is 0. The number of benzene rings is 11. The number of hydrogen-bond acceptors (Lipinski definition) is 2. The van der Waals surface area contributed by atoms with E-state index in [1.54, 1.807) is 0 Å². The number of hydrogen-bond donors (Lipinski definition) is 0. The van der Waals surface area contributed by atoms with E-state index < -0.39 is 0 Å². The lowest BCUT2D eigenvalue weighted by Crippen LogP contribution is -2.10. The van der Waals surface area contributed by atoms with Crippen molar-refractivity contribution in [3.8, 4) is 33.4 Å². The normalized spacial score (nSPS) is 11.7. The van der Waals surface area contributed by atoms with Gasteiger partial charge in [-0.05, 0) is 102 Å². The van der Waals surface area contributed by atoms with Gasteiger partial charge in [-0.2, -0.15) is 0 Å². The maximum atomic E-state index is 6.49. The lowest BCUT2D eigenvalue weighted by atomic mass is 9.85. The zero-order valence-corrected chi connectivity index (χ0v) is 32.7. The fourth-order valence-corrected chi connectivity index (χ4v) is 9.54. The zero-order valence-electron chi connectivity index (χ0n) is 32.7. The Hall–Kier alpha value is -7.94. The van der Waals surface area contributed by atoms with Crippen LogP contribution in [0.15, 0.2) is 229 Å². The largest absolute Gasteiger partial charge is 0.455 e. The highest BCUT2D eigenvalue weighted by molar-refractivity contribution is 6.22. The Morgan fingerprint density at radius 2 is 0.850 bits per heavy atom. The van der Waals surface area contributed by atoms with E-state index in [9.17, 15) is 0 Å². The molecule has 1 aromatic heterocycles. The third kappa shape index (κ3) is 5.42. The van der Waals surface area contributed by atoms with E-state index in [4.69, 9.17) is 4.42 Å². The molecule has 0 saturated carbocycles. The highest BCUT2D eigenvalue weighted by atomic mass is 16.3. The van der Waals surface area contributed by atoms with Gasteiger partial charge in [0.2, 0.25) is 0 Å². The molecule has 0 fully saturated rings. The number of nitrogens with zero attached hydrogens (tertiary/aromatic N) is 1. The minimum atomic E-state index is 0.903. The lowest BCUT2D eigenvalue weighted by molar-refractivity contribution is 0.670. The lowest BCUT2D eigenvalue weighted by Gasteiger charge is -2.28. The molecule has 12 aromatic rings. The third-order valence-corrected chi connectivity index (χ3v) is 12.2. The van der Waals surface area contributed by atoms with Gasteiger partial charge < -0.3 is 9.32 Å². The van der Waals surface area contributed by atoms with Crippen LogP contribution in [0.1, 0.15) is 0 Å². The van der Waals surface area contributed by atoms with Gasteiger partial charge in [-0.25, -0.2) is 0 Å². The van der Waals surface area contributed by atoms with Crippen LogP contribution in [0.25, 0.3) is 98.4 Å². The van der Waals surface area contributed by atoms with Crippen molar-refractivity contribution >= 4 is 82.1 Å². The number of anilines is 3. The standard InChI is InChI=1S/C58H37NO/c1-3-16-40(17-4-1)56-51-23-10-9-21-47(51)48-36-34-43(37-53(48)57(56)41-18-5-2-6-19-41)59(54-27-14-25-46-44-20-8-7-15-38(44)31-35-49(46)54)42-32-29-39(30-33-42)45-24-13-26-52-50-22-11-12-28-55(50)60-58(45)52/h1-37H. The molecule has 1 heterocycles. The summed E-state index contributed by atoms with van der Waals surface area (Å²) in [6.07, 6.45) is 0. The fourth-order valence-electron chi connectivity index (χ4n) is 9.54. The summed E-state index contributed by atoms with van der Waals surface area (Å²) in [5, 5.41) is 12.1. The van der Waals surface area contributed by atoms with Gasteiger partial charge in [0.05, 0.1) is 5.69 Å². The molecule has 0 N–H and O–H groups in total. The Labute approximate surface area is 347 Å².